The van der Waals surface area contributed by atoms with Crippen molar-refractivity contribution >= 4 is 34.2 Å². The maximum absolute atomic E-state index is 8.38. The van der Waals surface area contributed by atoms with Gasteiger partial charge in [-0.1, -0.05) is 29.8 Å². The molecule has 0 fully saturated rings. The van der Waals surface area contributed by atoms with Crippen molar-refractivity contribution in [2.75, 3.05) is 0 Å². The predicted octanol–water partition coefficient (Wildman–Crippen LogP) is 5.13. The standard InChI is InChI=1S/C14H15ClIN/c15-13-11-12(8-9-14(13)16)7-5-3-1-2-4-6-10-17/h1,3,8-9,11H,2,4-7H2/b3-1-. The summed E-state index contributed by atoms with van der Waals surface area (Å²) >= 11 is 8.29. The Morgan fingerprint density at radius 1 is 1.29 bits per heavy atom. The summed E-state index contributed by atoms with van der Waals surface area (Å²) in [4.78, 5) is 0. The summed E-state index contributed by atoms with van der Waals surface area (Å²) in [6.45, 7) is 0. The second-order valence-electron chi connectivity index (χ2n) is 3.81. The minimum absolute atomic E-state index is 0.650. The van der Waals surface area contributed by atoms with E-state index >= 15 is 0 Å². The number of hydrogen-bond acceptors (Lipinski definition) is 1. The van der Waals surface area contributed by atoms with Crippen LogP contribution in [-0.4, -0.2) is 0 Å². The van der Waals surface area contributed by atoms with E-state index in [0.29, 0.717) is 6.42 Å². The van der Waals surface area contributed by atoms with Crippen molar-refractivity contribution in [1.29, 1.82) is 5.26 Å². The molecule has 0 aromatic heterocycles. The topological polar surface area (TPSA) is 23.8 Å². The number of nitriles is 1. The first-order valence-electron chi connectivity index (χ1n) is 5.70. The van der Waals surface area contributed by atoms with Gasteiger partial charge in [-0.2, -0.15) is 5.26 Å². The maximum atomic E-state index is 8.38. The highest BCUT2D eigenvalue weighted by Crippen LogP contribution is 2.20. The first-order chi connectivity index (χ1) is 8.24. The Kier molecular flexibility index (Phi) is 7.30. The van der Waals surface area contributed by atoms with Gasteiger partial charge in [0.25, 0.3) is 0 Å². The van der Waals surface area contributed by atoms with E-state index in [1.807, 2.05) is 6.07 Å². The van der Waals surface area contributed by atoms with Crippen LogP contribution in [0.2, 0.25) is 5.02 Å². The fourth-order valence-corrected chi connectivity index (χ4v) is 2.02. The van der Waals surface area contributed by atoms with E-state index in [1.165, 1.54) is 5.56 Å². The lowest BCUT2D eigenvalue weighted by molar-refractivity contribution is 0.869. The molecule has 1 aromatic rings. The number of halogens is 2. The molecule has 0 amide bonds. The normalized spacial score (nSPS) is 10.6. The Balaban J connectivity index is 2.26. The van der Waals surface area contributed by atoms with Gasteiger partial charge in [-0.05, 0) is 66.0 Å². The van der Waals surface area contributed by atoms with Gasteiger partial charge in [-0.25, -0.2) is 0 Å². The Morgan fingerprint density at radius 3 is 2.76 bits per heavy atom. The minimum atomic E-state index is 0.650. The summed E-state index contributed by atoms with van der Waals surface area (Å²) < 4.78 is 1.10. The summed E-state index contributed by atoms with van der Waals surface area (Å²) in [5.74, 6) is 0. The Bertz CT molecular complexity index is 421. The van der Waals surface area contributed by atoms with Gasteiger partial charge in [0.05, 0.1) is 11.1 Å². The predicted molar refractivity (Wildman–Crippen MR) is 81.1 cm³/mol. The molecule has 0 saturated heterocycles. The number of benzene rings is 1. The molecule has 0 heterocycles. The molecule has 1 rings (SSSR count). The van der Waals surface area contributed by atoms with Crippen LogP contribution < -0.4 is 0 Å². The van der Waals surface area contributed by atoms with Crippen molar-refractivity contribution in [3.63, 3.8) is 0 Å². The summed E-state index contributed by atoms with van der Waals surface area (Å²) in [6.07, 6.45) is 9.00. The smallest absolute Gasteiger partial charge is 0.0621 e. The van der Waals surface area contributed by atoms with E-state index in [9.17, 15) is 0 Å². The van der Waals surface area contributed by atoms with Gasteiger partial charge < -0.3 is 0 Å². The average molecular weight is 360 g/mol. The third-order valence-corrected chi connectivity index (χ3v) is 3.98. The zero-order chi connectivity index (χ0) is 12.5. The van der Waals surface area contributed by atoms with Crippen LogP contribution in [0.5, 0.6) is 0 Å². The molecular formula is C14H15ClIN. The molecule has 0 spiro atoms. The van der Waals surface area contributed by atoms with E-state index in [2.05, 4.69) is 52.9 Å². The van der Waals surface area contributed by atoms with E-state index in [-0.39, 0.29) is 0 Å². The molecule has 0 N–H and O–H groups in total. The zero-order valence-electron chi connectivity index (χ0n) is 9.63. The van der Waals surface area contributed by atoms with Gasteiger partial charge >= 0.3 is 0 Å². The van der Waals surface area contributed by atoms with Crippen molar-refractivity contribution in [2.45, 2.75) is 32.1 Å². The first-order valence-corrected chi connectivity index (χ1v) is 7.15. The lowest BCUT2D eigenvalue weighted by atomic mass is 10.1. The van der Waals surface area contributed by atoms with Crippen LogP contribution >= 0.6 is 34.2 Å². The van der Waals surface area contributed by atoms with Gasteiger partial charge in [-0.15, -0.1) is 0 Å². The molecule has 1 aromatic carbocycles. The fraction of sp³-hybridized carbons (Fsp3) is 0.357. The zero-order valence-corrected chi connectivity index (χ0v) is 12.5. The number of nitrogens with zero attached hydrogens (tertiary/aromatic N) is 1. The third kappa shape index (κ3) is 6.09. The van der Waals surface area contributed by atoms with Gasteiger partial charge in [0.15, 0.2) is 0 Å². The molecule has 17 heavy (non-hydrogen) atoms. The molecule has 0 unspecified atom stereocenters. The van der Waals surface area contributed by atoms with Crippen LogP contribution in [-0.2, 0) is 6.42 Å². The van der Waals surface area contributed by atoms with E-state index in [1.54, 1.807) is 0 Å². The van der Waals surface area contributed by atoms with Gasteiger partial charge in [0, 0.05) is 9.99 Å². The van der Waals surface area contributed by atoms with Crippen LogP contribution in [0.4, 0.5) is 0 Å². The molecule has 0 radical (unpaired) electrons. The second kappa shape index (κ2) is 8.54. The molecule has 0 aliphatic heterocycles. The van der Waals surface area contributed by atoms with Crippen LogP contribution in [0.25, 0.3) is 0 Å². The van der Waals surface area contributed by atoms with Crippen LogP contribution in [0.3, 0.4) is 0 Å². The summed E-state index contributed by atoms with van der Waals surface area (Å²) in [7, 11) is 0. The Morgan fingerprint density at radius 2 is 2.06 bits per heavy atom. The largest absolute Gasteiger partial charge is 0.198 e. The summed E-state index contributed by atoms with van der Waals surface area (Å²) in [6, 6.07) is 8.35. The molecular weight excluding hydrogens is 345 g/mol. The second-order valence-corrected chi connectivity index (χ2v) is 5.38. The van der Waals surface area contributed by atoms with E-state index in [0.717, 1.165) is 34.3 Å². The van der Waals surface area contributed by atoms with E-state index in [4.69, 9.17) is 16.9 Å². The van der Waals surface area contributed by atoms with Crippen LogP contribution in [0, 0.1) is 14.9 Å². The van der Waals surface area contributed by atoms with E-state index < -0.39 is 0 Å². The molecule has 0 atom stereocenters. The average Bonchev–Trinajstić information content (AvgIpc) is 2.32. The molecule has 0 bridgehead atoms. The molecule has 0 saturated carbocycles. The van der Waals surface area contributed by atoms with Gasteiger partial charge in [0.2, 0.25) is 0 Å². The third-order valence-electron chi connectivity index (χ3n) is 2.41. The van der Waals surface area contributed by atoms with Crippen molar-refractivity contribution in [1.82, 2.24) is 0 Å². The van der Waals surface area contributed by atoms with Crippen molar-refractivity contribution in [2.24, 2.45) is 0 Å². The number of allylic oxidation sites excluding steroid dienone is 2. The van der Waals surface area contributed by atoms with Crippen molar-refractivity contribution in [3.8, 4) is 6.07 Å². The number of aryl methyl sites for hydroxylation is 1. The summed E-state index contributed by atoms with van der Waals surface area (Å²) in [5.41, 5.74) is 1.28. The maximum Gasteiger partial charge on any atom is 0.0621 e. The highest BCUT2D eigenvalue weighted by Gasteiger charge is 1.97. The highest BCUT2D eigenvalue weighted by atomic mass is 127. The van der Waals surface area contributed by atoms with Crippen molar-refractivity contribution < 1.29 is 0 Å². The minimum Gasteiger partial charge on any atom is -0.198 e. The van der Waals surface area contributed by atoms with Crippen molar-refractivity contribution in [3.05, 3.63) is 44.5 Å². The first kappa shape index (κ1) is 14.5. The monoisotopic (exact) mass is 359 g/mol. The molecule has 1 nitrogen and oxygen atoms in total. The van der Waals surface area contributed by atoms with Gasteiger partial charge in [-0.3, -0.25) is 0 Å². The lowest BCUT2D eigenvalue weighted by Crippen LogP contribution is -1.84. The number of unbranched alkanes of at least 4 members (excludes halogenated alkanes) is 2. The Hall–Kier alpha value is -0.530. The molecule has 3 heteroatoms. The van der Waals surface area contributed by atoms with Crippen LogP contribution in [0.1, 0.15) is 31.2 Å². The van der Waals surface area contributed by atoms with Crippen LogP contribution in [0.15, 0.2) is 30.4 Å². The molecule has 90 valence electrons. The number of rotatable bonds is 6. The fourth-order valence-electron chi connectivity index (χ4n) is 1.48. The summed E-state index contributed by atoms with van der Waals surface area (Å²) in [5, 5.41) is 9.21. The highest BCUT2D eigenvalue weighted by molar-refractivity contribution is 14.1. The molecule has 0 aliphatic rings. The van der Waals surface area contributed by atoms with Gasteiger partial charge in [0.1, 0.15) is 0 Å². The SMILES string of the molecule is N#CCCC/C=C\CCc1ccc(I)c(Cl)c1. The molecule has 0 aliphatic carbocycles. The quantitative estimate of drug-likeness (QED) is 0.392. The Labute approximate surface area is 122 Å². The lowest BCUT2D eigenvalue weighted by Gasteiger charge is -2.01. The number of hydrogen-bond donors (Lipinski definition) is 0.